The maximum atomic E-state index is 13.6. The fraction of sp³-hybridized carbons (Fsp3) is 0.231. The van der Waals surface area contributed by atoms with Gasteiger partial charge in [0, 0.05) is 30.5 Å². The number of halogens is 1. The molecule has 2 aromatic carbocycles. The predicted octanol–water partition coefficient (Wildman–Crippen LogP) is 4.86. The Morgan fingerprint density at radius 3 is 2.77 bits per heavy atom. The maximum absolute atomic E-state index is 13.6. The summed E-state index contributed by atoms with van der Waals surface area (Å²) in [6.07, 6.45) is 6.82. The quantitative estimate of drug-likeness (QED) is 0.458. The number of nitrogens with one attached hydrogen (secondary N) is 3. The van der Waals surface area contributed by atoms with Crippen molar-refractivity contribution in [3.8, 4) is 6.07 Å². The first-order chi connectivity index (χ1) is 16.7. The van der Waals surface area contributed by atoms with E-state index in [1.54, 1.807) is 19.2 Å². The normalized spacial score (nSPS) is 19.9. The molecule has 0 radical (unpaired) electrons. The Morgan fingerprint density at radius 2 is 2.06 bits per heavy atom. The molecule has 0 saturated heterocycles. The smallest absolute Gasteiger partial charge is 0.272 e. The van der Waals surface area contributed by atoms with Gasteiger partial charge in [-0.05, 0) is 42.5 Å². The van der Waals surface area contributed by atoms with Crippen molar-refractivity contribution in [2.75, 3.05) is 5.32 Å². The summed E-state index contributed by atoms with van der Waals surface area (Å²) in [6.45, 7) is 2.05. The van der Waals surface area contributed by atoms with Crippen LogP contribution in [0, 0.1) is 27.8 Å². The lowest BCUT2D eigenvalue weighted by Crippen LogP contribution is -2.36. The molecule has 7 nitrogen and oxygen atoms in total. The van der Waals surface area contributed by atoms with Crippen LogP contribution in [0.3, 0.4) is 0 Å². The van der Waals surface area contributed by atoms with E-state index < -0.39 is 21.6 Å². The molecular formula is C26H26FN5O2S. The summed E-state index contributed by atoms with van der Waals surface area (Å²) in [5, 5.41) is 11.7. The number of fused-ring (bicyclic) bond motifs is 1. The minimum absolute atomic E-state index is 0.0938. The van der Waals surface area contributed by atoms with Gasteiger partial charge in [0.05, 0.1) is 10.5 Å². The lowest BCUT2D eigenvalue weighted by Gasteiger charge is -2.22. The second kappa shape index (κ2) is 9.86. The molecule has 1 aliphatic rings. The molecule has 1 unspecified atom stereocenters. The molecule has 0 fully saturated rings. The first kappa shape index (κ1) is 24.4. The van der Waals surface area contributed by atoms with Crippen LogP contribution in [0.1, 0.15) is 40.5 Å². The fourth-order valence-electron chi connectivity index (χ4n) is 4.19. The number of amides is 1. The van der Waals surface area contributed by atoms with Gasteiger partial charge in [0.15, 0.2) is 0 Å². The molecule has 0 bridgehead atoms. The molecule has 3 N–H and O–H groups in total. The third kappa shape index (κ3) is 5.19. The zero-order valence-corrected chi connectivity index (χ0v) is 20.2. The Morgan fingerprint density at radius 1 is 1.31 bits per heavy atom. The molecule has 4 rings (SSSR count). The number of aromatic nitrogens is 1. The highest BCUT2D eigenvalue weighted by Gasteiger charge is 2.30. The van der Waals surface area contributed by atoms with Crippen molar-refractivity contribution in [2.45, 2.75) is 30.7 Å². The Hall–Kier alpha value is -3.74. The Labute approximate surface area is 204 Å². The highest BCUT2D eigenvalue weighted by molar-refractivity contribution is 7.90. The SMILES string of the molecule is C[C@@H](CCc1ccccc1)[C@H]1C=Cc2c(cn(C)c2C(=O)Nc2ccc(F)c(C#N)c2)S(=N)(=O)N1. The van der Waals surface area contributed by atoms with Gasteiger partial charge in [-0.2, -0.15) is 5.26 Å². The van der Waals surface area contributed by atoms with Crippen molar-refractivity contribution in [1.82, 2.24) is 9.29 Å². The second-order valence-corrected chi connectivity index (χ2v) is 10.5. The number of carbonyl (C=O) groups is 1. The van der Waals surface area contributed by atoms with Gasteiger partial charge in [0.25, 0.3) is 5.91 Å². The third-order valence-electron chi connectivity index (χ3n) is 6.17. The minimum atomic E-state index is -3.39. The molecule has 3 aromatic rings. The number of anilines is 1. The van der Waals surface area contributed by atoms with Gasteiger partial charge in [-0.1, -0.05) is 49.4 Å². The number of carbonyl (C=O) groups excluding carboxylic acids is 1. The summed E-state index contributed by atoms with van der Waals surface area (Å²) in [4.78, 5) is 13.4. The fourth-order valence-corrected chi connectivity index (χ4v) is 5.79. The molecule has 1 aromatic heterocycles. The molecule has 0 aliphatic carbocycles. The number of rotatable bonds is 6. The lowest BCUT2D eigenvalue weighted by molar-refractivity contribution is 0.101. The monoisotopic (exact) mass is 491 g/mol. The van der Waals surface area contributed by atoms with Crippen molar-refractivity contribution < 1.29 is 13.4 Å². The Bertz CT molecular complexity index is 1440. The molecule has 0 spiro atoms. The molecule has 3 atom stereocenters. The van der Waals surface area contributed by atoms with Crippen LogP contribution in [-0.4, -0.2) is 20.7 Å². The molecule has 0 saturated carbocycles. The van der Waals surface area contributed by atoms with Crippen LogP contribution in [0.15, 0.2) is 65.7 Å². The van der Waals surface area contributed by atoms with E-state index in [9.17, 15) is 13.4 Å². The lowest BCUT2D eigenvalue weighted by atomic mass is 9.94. The largest absolute Gasteiger partial charge is 0.345 e. The number of hydrogen-bond donors (Lipinski definition) is 3. The van der Waals surface area contributed by atoms with Gasteiger partial charge in [0.1, 0.15) is 27.5 Å². The minimum Gasteiger partial charge on any atom is -0.345 e. The van der Waals surface area contributed by atoms with E-state index in [2.05, 4.69) is 22.2 Å². The van der Waals surface area contributed by atoms with Crippen LogP contribution < -0.4 is 10.0 Å². The van der Waals surface area contributed by atoms with Gasteiger partial charge in [-0.25, -0.2) is 18.1 Å². The van der Waals surface area contributed by atoms with Crippen molar-refractivity contribution in [1.29, 1.82) is 10.0 Å². The van der Waals surface area contributed by atoms with E-state index in [1.165, 1.54) is 28.5 Å². The average molecular weight is 492 g/mol. The standard InChI is InChI=1S/C26H26FN5O2S/c1-17(8-9-18-6-4-3-5-7-18)23-13-11-21-24(35(29,34)31-23)16-32(2)25(21)26(33)30-20-10-12-22(27)19(14-20)15-28/h3-7,10-14,16-17,23H,8-9H2,1-2H3,(H,30,33)(H2,29,31,34)/t17-,23+,35?/m0/s1. The Balaban J connectivity index is 1.59. The first-order valence-corrected chi connectivity index (χ1v) is 12.7. The zero-order valence-electron chi connectivity index (χ0n) is 19.4. The van der Waals surface area contributed by atoms with Crippen LogP contribution in [0.25, 0.3) is 6.08 Å². The van der Waals surface area contributed by atoms with Crippen LogP contribution in [-0.2, 0) is 23.4 Å². The van der Waals surface area contributed by atoms with Crippen molar-refractivity contribution in [2.24, 2.45) is 13.0 Å². The van der Waals surface area contributed by atoms with Crippen LogP contribution >= 0.6 is 0 Å². The Kier molecular flexibility index (Phi) is 6.87. The van der Waals surface area contributed by atoms with E-state index in [-0.39, 0.29) is 33.8 Å². The van der Waals surface area contributed by atoms with Gasteiger partial charge >= 0.3 is 0 Å². The third-order valence-corrected chi connectivity index (χ3v) is 7.72. The summed E-state index contributed by atoms with van der Waals surface area (Å²) in [6, 6.07) is 15.3. The predicted molar refractivity (Wildman–Crippen MR) is 133 cm³/mol. The van der Waals surface area contributed by atoms with Crippen LogP contribution in [0.2, 0.25) is 0 Å². The molecule has 35 heavy (non-hydrogen) atoms. The topological polar surface area (TPSA) is 111 Å². The van der Waals surface area contributed by atoms with Crippen molar-refractivity contribution in [3.63, 3.8) is 0 Å². The van der Waals surface area contributed by atoms with E-state index in [0.717, 1.165) is 18.9 Å². The zero-order chi connectivity index (χ0) is 25.2. The van der Waals surface area contributed by atoms with Crippen LogP contribution in [0.4, 0.5) is 10.1 Å². The van der Waals surface area contributed by atoms with Gasteiger partial charge in [-0.3, -0.25) is 4.79 Å². The summed E-state index contributed by atoms with van der Waals surface area (Å²) >= 11 is 0. The van der Waals surface area contributed by atoms with Gasteiger partial charge in [-0.15, -0.1) is 0 Å². The summed E-state index contributed by atoms with van der Waals surface area (Å²) in [7, 11) is -1.75. The molecule has 9 heteroatoms. The number of benzene rings is 2. The molecular weight excluding hydrogens is 465 g/mol. The summed E-state index contributed by atoms with van der Waals surface area (Å²) < 4.78 is 40.1. The number of aryl methyl sites for hydroxylation is 2. The number of nitrogens with zero attached hydrogens (tertiary/aromatic N) is 2. The first-order valence-electron chi connectivity index (χ1n) is 11.2. The maximum Gasteiger partial charge on any atom is 0.272 e. The highest BCUT2D eigenvalue weighted by Crippen LogP contribution is 2.29. The van der Waals surface area contributed by atoms with E-state index in [4.69, 9.17) is 10.0 Å². The average Bonchev–Trinajstić information content (AvgIpc) is 3.12. The van der Waals surface area contributed by atoms with Crippen molar-refractivity contribution in [3.05, 3.63) is 89.0 Å². The molecule has 2 heterocycles. The van der Waals surface area contributed by atoms with E-state index in [0.29, 0.717) is 5.56 Å². The van der Waals surface area contributed by atoms with E-state index >= 15 is 0 Å². The van der Waals surface area contributed by atoms with Gasteiger partial charge in [0.2, 0.25) is 0 Å². The number of nitriles is 1. The van der Waals surface area contributed by atoms with Crippen molar-refractivity contribution >= 4 is 27.6 Å². The summed E-state index contributed by atoms with van der Waals surface area (Å²) in [5.74, 6) is -1.09. The summed E-state index contributed by atoms with van der Waals surface area (Å²) in [5.41, 5.74) is 1.92. The van der Waals surface area contributed by atoms with Crippen LogP contribution in [0.5, 0.6) is 0 Å². The second-order valence-electron chi connectivity index (χ2n) is 8.69. The molecule has 1 aliphatic heterocycles. The number of hydrogen-bond acceptors (Lipinski definition) is 4. The van der Waals surface area contributed by atoms with E-state index in [1.807, 2.05) is 31.2 Å². The van der Waals surface area contributed by atoms with Gasteiger partial charge < -0.3 is 9.88 Å². The molecule has 1 amide bonds. The molecule has 180 valence electrons. The highest BCUT2D eigenvalue weighted by atomic mass is 32.2.